The molecule has 5 nitrogen and oxygen atoms in total. The first-order valence-corrected chi connectivity index (χ1v) is 8.35. The van der Waals surface area contributed by atoms with E-state index in [1.807, 2.05) is 0 Å². The molecule has 0 aromatic heterocycles. The van der Waals surface area contributed by atoms with Gasteiger partial charge in [-0.3, -0.25) is 9.69 Å². The van der Waals surface area contributed by atoms with E-state index in [1.165, 1.54) is 0 Å². The van der Waals surface area contributed by atoms with Gasteiger partial charge in [-0.25, -0.2) is 0 Å². The fraction of sp³-hybridized carbons (Fsp3) is 0.938. The third kappa shape index (κ3) is 3.96. The molecule has 2 fully saturated rings. The molecule has 0 aromatic rings. The van der Waals surface area contributed by atoms with Crippen molar-refractivity contribution in [3.05, 3.63) is 0 Å². The van der Waals surface area contributed by atoms with Gasteiger partial charge in [-0.2, -0.15) is 0 Å². The highest BCUT2D eigenvalue weighted by Gasteiger charge is 2.40. The molecule has 2 heterocycles. The summed E-state index contributed by atoms with van der Waals surface area (Å²) >= 11 is 0. The van der Waals surface area contributed by atoms with E-state index in [4.69, 9.17) is 4.74 Å². The molecule has 2 aliphatic rings. The summed E-state index contributed by atoms with van der Waals surface area (Å²) in [5.74, 6) is -1.07. The lowest BCUT2D eigenvalue weighted by Gasteiger charge is -2.43. The minimum atomic E-state index is -0.710. The number of likely N-dealkylation sites (tertiary alicyclic amines) is 1. The first kappa shape index (κ1) is 16.7. The number of carbonyl (C=O) groups is 1. The van der Waals surface area contributed by atoms with Crippen LogP contribution in [0.1, 0.15) is 40.0 Å². The highest BCUT2D eigenvalue weighted by molar-refractivity contribution is 5.71. The van der Waals surface area contributed by atoms with E-state index >= 15 is 0 Å². The van der Waals surface area contributed by atoms with Gasteiger partial charge in [0.25, 0.3) is 0 Å². The maximum atomic E-state index is 11.4. The Morgan fingerprint density at radius 2 is 2.00 bits per heavy atom. The van der Waals surface area contributed by atoms with Crippen LogP contribution in [0.15, 0.2) is 0 Å². The summed E-state index contributed by atoms with van der Waals surface area (Å²) < 4.78 is 5.48. The van der Waals surface area contributed by atoms with Gasteiger partial charge >= 0.3 is 5.97 Å². The van der Waals surface area contributed by atoms with Crippen molar-refractivity contribution in [1.82, 2.24) is 9.80 Å². The van der Waals surface area contributed by atoms with Crippen LogP contribution in [0.4, 0.5) is 0 Å². The van der Waals surface area contributed by atoms with E-state index in [1.54, 1.807) is 0 Å². The van der Waals surface area contributed by atoms with Crippen molar-refractivity contribution in [1.29, 1.82) is 0 Å². The third-order valence-corrected chi connectivity index (χ3v) is 4.97. The number of hydrogen-bond acceptors (Lipinski definition) is 4. The van der Waals surface area contributed by atoms with Crippen LogP contribution in [0.2, 0.25) is 0 Å². The zero-order chi connectivity index (χ0) is 15.4. The second kappa shape index (κ2) is 7.56. The van der Waals surface area contributed by atoms with Crippen LogP contribution in [0.5, 0.6) is 0 Å². The van der Waals surface area contributed by atoms with Crippen LogP contribution in [-0.2, 0) is 9.53 Å². The Morgan fingerprint density at radius 1 is 1.33 bits per heavy atom. The van der Waals surface area contributed by atoms with E-state index in [0.29, 0.717) is 25.3 Å². The number of ether oxygens (including phenoxy) is 1. The molecule has 0 saturated carbocycles. The number of rotatable bonds is 6. The summed E-state index contributed by atoms with van der Waals surface area (Å²) in [6.45, 7) is 10.8. The molecule has 0 radical (unpaired) electrons. The molecule has 5 heteroatoms. The Balaban J connectivity index is 2.00. The summed E-state index contributed by atoms with van der Waals surface area (Å²) in [5.41, 5.74) is 0. The van der Waals surface area contributed by atoms with Gasteiger partial charge in [0.15, 0.2) is 0 Å². The number of nitrogens with zero attached hydrogens (tertiary/aromatic N) is 2. The summed E-state index contributed by atoms with van der Waals surface area (Å²) in [4.78, 5) is 16.4. The number of aliphatic carboxylic acids is 1. The quantitative estimate of drug-likeness (QED) is 0.808. The van der Waals surface area contributed by atoms with Crippen molar-refractivity contribution in [3.8, 4) is 0 Å². The first-order chi connectivity index (χ1) is 10.0. The Morgan fingerprint density at radius 3 is 2.52 bits per heavy atom. The summed E-state index contributed by atoms with van der Waals surface area (Å²) in [5, 5.41) is 9.40. The molecular formula is C16H30N2O3. The second-order valence-electron chi connectivity index (χ2n) is 6.65. The second-order valence-corrected chi connectivity index (χ2v) is 6.65. The molecule has 122 valence electrons. The Kier molecular flexibility index (Phi) is 6.02. The zero-order valence-electron chi connectivity index (χ0n) is 13.6. The smallest absolute Gasteiger partial charge is 0.310 e. The third-order valence-electron chi connectivity index (χ3n) is 4.97. The summed E-state index contributed by atoms with van der Waals surface area (Å²) in [7, 11) is 0. The average Bonchev–Trinajstić information content (AvgIpc) is 2.94. The van der Waals surface area contributed by atoms with E-state index in [-0.39, 0.29) is 12.0 Å². The molecule has 0 amide bonds. The molecule has 0 spiro atoms. The Hall–Kier alpha value is -0.650. The maximum absolute atomic E-state index is 11.4. The monoisotopic (exact) mass is 298 g/mol. The molecule has 2 rings (SSSR count). The van der Waals surface area contributed by atoms with Crippen LogP contribution >= 0.6 is 0 Å². The van der Waals surface area contributed by atoms with Gasteiger partial charge in [0.05, 0.1) is 19.1 Å². The number of piperidine rings is 1. The Labute approximate surface area is 128 Å². The average molecular weight is 298 g/mol. The normalized spacial score (nSPS) is 28.6. The lowest BCUT2D eigenvalue weighted by molar-refractivity contribution is -0.143. The first-order valence-electron chi connectivity index (χ1n) is 8.35. The number of carboxylic acids is 1. The standard InChI is InChI=1S/C16H30N2O3/c1-4-7-18(15-11-21-10-14(15)16(19)20)13-5-8-17(9-6-13)12(2)3/h12-15H,4-11H2,1-3H3,(H,19,20). The van der Waals surface area contributed by atoms with Crippen LogP contribution in [-0.4, -0.2) is 71.8 Å². The van der Waals surface area contributed by atoms with Crippen molar-refractivity contribution in [2.24, 2.45) is 5.92 Å². The number of carboxylic acid groups (broad SMARTS) is 1. The van der Waals surface area contributed by atoms with Crippen LogP contribution < -0.4 is 0 Å². The van der Waals surface area contributed by atoms with E-state index < -0.39 is 5.97 Å². The van der Waals surface area contributed by atoms with Gasteiger partial charge in [0.1, 0.15) is 0 Å². The van der Waals surface area contributed by atoms with Gasteiger partial charge in [0.2, 0.25) is 0 Å². The van der Waals surface area contributed by atoms with E-state index in [2.05, 4.69) is 30.6 Å². The minimum absolute atomic E-state index is 0.0537. The van der Waals surface area contributed by atoms with Gasteiger partial charge in [-0.1, -0.05) is 6.92 Å². The Bertz CT molecular complexity index is 340. The lowest BCUT2D eigenvalue weighted by Crippen LogP contribution is -2.53. The predicted octanol–water partition coefficient (Wildman–Crippen LogP) is 1.67. The fourth-order valence-electron chi connectivity index (χ4n) is 3.72. The maximum Gasteiger partial charge on any atom is 0.310 e. The van der Waals surface area contributed by atoms with Gasteiger partial charge in [-0.05, 0) is 52.7 Å². The van der Waals surface area contributed by atoms with Crippen LogP contribution in [0, 0.1) is 5.92 Å². The predicted molar refractivity (Wildman–Crippen MR) is 82.5 cm³/mol. The molecule has 0 aliphatic carbocycles. The highest BCUT2D eigenvalue weighted by atomic mass is 16.5. The van der Waals surface area contributed by atoms with Crippen molar-refractivity contribution >= 4 is 5.97 Å². The molecule has 21 heavy (non-hydrogen) atoms. The zero-order valence-corrected chi connectivity index (χ0v) is 13.6. The highest BCUT2D eigenvalue weighted by Crippen LogP contribution is 2.27. The topological polar surface area (TPSA) is 53.0 Å². The molecule has 2 aliphatic heterocycles. The summed E-state index contributed by atoms with van der Waals surface area (Å²) in [6.07, 6.45) is 3.34. The van der Waals surface area contributed by atoms with Gasteiger partial charge in [-0.15, -0.1) is 0 Å². The van der Waals surface area contributed by atoms with E-state index in [0.717, 1.165) is 38.9 Å². The molecule has 0 bridgehead atoms. The van der Waals surface area contributed by atoms with Crippen molar-refractivity contribution in [3.63, 3.8) is 0 Å². The number of hydrogen-bond donors (Lipinski definition) is 1. The van der Waals surface area contributed by atoms with Gasteiger partial charge < -0.3 is 14.7 Å². The largest absolute Gasteiger partial charge is 0.481 e. The van der Waals surface area contributed by atoms with Crippen LogP contribution in [0.25, 0.3) is 0 Å². The molecule has 2 saturated heterocycles. The van der Waals surface area contributed by atoms with Crippen molar-refractivity contribution < 1.29 is 14.6 Å². The summed E-state index contributed by atoms with van der Waals surface area (Å²) in [6, 6.07) is 1.17. The van der Waals surface area contributed by atoms with E-state index in [9.17, 15) is 9.90 Å². The van der Waals surface area contributed by atoms with Gasteiger partial charge in [0, 0.05) is 18.1 Å². The molecule has 2 atom stereocenters. The van der Waals surface area contributed by atoms with Crippen LogP contribution in [0.3, 0.4) is 0 Å². The molecule has 1 N–H and O–H groups in total. The minimum Gasteiger partial charge on any atom is -0.481 e. The van der Waals surface area contributed by atoms with Crippen molar-refractivity contribution in [2.45, 2.75) is 58.2 Å². The molecule has 2 unspecified atom stereocenters. The molecular weight excluding hydrogens is 268 g/mol. The van der Waals surface area contributed by atoms with Crippen molar-refractivity contribution in [2.75, 3.05) is 32.8 Å². The molecule has 0 aromatic carbocycles. The lowest BCUT2D eigenvalue weighted by atomic mass is 9.95. The fourth-order valence-corrected chi connectivity index (χ4v) is 3.72. The SMILES string of the molecule is CCCN(C1CCN(C(C)C)CC1)C1COCC1C(=O)O.